The Morgan fingerprint density at radius 1 is 1.28 bits per heavy atom. The van der Waals surface area contributed by atoms with Crippen molar-refractivity contribution in [2.75, 3.05) is 19.7 Å². The van der Waals surface area contributed by atoms with Crippen LogP contribution in [0.2, 0.25) is 0 Å². The lowest BCUT2D eigenvalue weighted by molar-refractivity contribution is -0.149. The highest BCUT2D eigenvalue weighted by molar-refractivity contribution is 6.06. The number of aromatic nitrogens is 1. The van der Waals surface area contributed by atoms with Gasteiger partial charge in [-0.2, -0.15) is 0 Å². The monoisotopic (exact) mass is 340 g/mol. The zero-order valence-corrected chi connectivity index (χ0v) is 15.0. The normalized spacial score (nSPS) is 17.6. The molecule has 5 nitrogen and oxygen atoms in total. The average Bonchev–Trinajstić information content (AvgIpc) is 2.61. The molecule has 2 heterocycles. The molecule has 2 aromatic rings. The zero-order chi connectivity index (χ0) is 18.0. The summed E-state index contributed by atoms with van der Waals surface area (Å²) < 4.78 is 5.13. The number of fused-ring (bicyclic) bond motifs is 1. The predicted octanol–water partition coefficient (Wildman–Crippen LogP) is 3.27. The summed E-state index contributed by atoms with van der Waals surface area (Å²) in [5, 5.41) is 0.869. The van der Waals surface area contributed by atoms with Crippen LogP contribution < -0.4 is 0 Å². The Bertz CT molecular complexity index is 816. The van der Waals surface area contributed by atoms with Crippen LogP contribution in [0.15, 0.2) is 24.3 Å². The molecule has 0 N–H and O–H groups in total. The highest BCUT2D eigenvalue weighted by Crippen LogP contribution is 2.25. The fourth-order valence-electron chi connectivity index (χ4n) is 3.43. The third-order valence-corrected chi connectivity index (χ3v) is 4.65. The molecule has 1 saturated heterocycles. The van der Waals surface area contributed by atoms with Gasteiger partial charge in [0.2, 0.25) is 0 Å². The van der Waals surface area contributed by atoms with E-state index in [9.17, 15) is 9.59 Å². The summed E-state index contributed by atoms with van der Waals surface area (Å²) in [6.45, 7) is 7.17. The third-order valence-electron chi connectivity index (χ3n) is 4.65. The fraction of sp³-hybridized carbons (Fsp3) is 0.450. The van der Waals surface area contributed by atoms with Crippen LogP contribution in [0, 0.1) is 19.8 Å². The number of hydrogen-bond acceptors (Lipinski definition) is 4. The molecule has 3 rings (SSSR count). The lowest BCUT2D eigenvalue weighted by atomic mass is 9.96. The van der Waals surface area contributed by atoms with Gasteiger partial charge in [0, 0.05) is 24.2 Å². The van der Waals surface area contributed by atoms with Crippen molar-refractivity contribution in [2.45, 2.75) is 33.6 Å². The lowest BCUT2D eigenvalue weighted by Crippen LogP contribution is -2.42. The molecular weight excluding hydrogens is 316 g/mol. The van der Waals surface area contributed by atoms with E-state index >= 15 is 0 Å². The molecule has 25 heavy (non-hydrogen) atoms. The minimum absolute atomic E-state index is 0.0323. The Balaban J connectivity index is 1.91. The van der Waals surface area contributed by atoms with Crippen molar-refractivity contribution in [3.8, 4) is 0 Å². The second kappa shape index (κ2) is 7.21. The van der Waals surface area contributed by atoms with Crippen LogP contribution in [0.3, 0.4) is 0 Å². The Hall–Kier alpha value is -2.43. The van der Waals surface area contributed by atoms with Crippen molar-refractivity contribution in [2.24, 2.45) is 5.92 Å². The molecule has 1 aliphatic rings. The number of piperidine rings is 1. The van der Waals surface area contributed by atoms with Gasteiger partial charge < -0.3 is 9.64 Å². The molecule has 0 radical (unpaired) electrons. The van der Waals surface area contributed by atoms with Gasteiger partial charge >= 0.3 is 5.97 Å². The van der Waals surface area contributed by atoms with Crippen LogP contribution in [0.4, 0.5) is 0 Å². The summed E-state index contributed by atoms with van der Waals surface area (Å²) in [6, 6.07) is 7.80. The van der Waals surface area contributed by atoms with Gasteiger partial charge in [0.05, 0.1) is 23.6 Å². The van der Waals surface area contributed by atoms with E-state index in [2.05, 4.69) is 4.98 Å². The number of aryl methyl sites for hydroxylation is 2. The molecular formula is C20H24N2O3. The van der Waals surface area contributed by atoms with Gasteiger partial charge in [-0.05, 0) is 51.8 Å². The first-order valence-corrected chi connectivity index (χ1v) is 8.83. The van der Waals surface area contributed by atoms with Crippen LogP contribution in [-0.2, 0) is 9.53 Å². The maximum absolute atomic E-state index is 13.1. The first kappa shape index (κ1) is 17.4. The minimum Gasteiger partial charge on any atom is -0.466 e. The second-order valence-corrected chi connectivity index (χ2v) is 6.67. The molecule has 0 spiro atoms. The average molecular weight is 340 g/mol. The van der Waals surface area contributed by atoms with Gasteiger partial charge in [-0.25, -0.2) is 0 Å². The summed E-state index contributed by atoms with van der Waals surface area (Å²) in [6.07, 6.45) is 1.59. The van der Waals surface area contributed by atoms with Gasteiger partial charge in [-0.15, -0.1) is 0 Å². The minimum atomic E-state index is -0.228. The number of carbonyl (C=O) groups is 2. The molecule has 1 atom stereocenters. The fourth-order valence-corrected chi connectivity index (χ4v) is 3.43. The topological polar surface area (TPSA) is 59.5 Å². The van der Waals surface area contributed by atoms with E-state index in [4.69, 9.17) is 4.74 Å². The van der Waals surface area contributed by atoms with Crippen LogP contribution >= 0.6 is 0 Å². The Morgan fingerprint density at radius 3 is 2.84 bits per heavy atom. The number of rotatable bonds is 3. The SMILES string of the molecule is CCOC(=O)[C@@H]1CCCN(C(=O)c2cc(C)nc3ccc(C)cc23)C1. The van der Waals surface area contributed by atoms with Crippen LogP contribution in [-0.4, -0.2) is 41.5 Å². The number of hydrogen-bond donors (Lipinski definition) is 0. The van der Waals surface area contributed by atoms with Crippen LogP contribution in [0.25, 0.3) is 10.9 Å². The number of likely N-dealkylation sites (tertiary alicyclic amines) is 1. The maximum atomic E-state index is 13.1. The molecule has 5 heteroatoms. The summed E-state index contributed by atoms with van der Waals surface area (Å²) in [5.74, 6) is -0.463. The molecule has 1 amide bonds. The van der Waals surface area contributed by atoms with E-state index in [1.165, 1.54) is 0 Å². The van der Waals surface area contributed by atoms with Gasteiger partial charge in [0.1, 0.15) is 0 Å². The van der Waals surface area contributed by atoms with Gasteiger partial charge in [-0.1, -0.05) is 11.6 Å². The van der Waals surface area contributed by atoms with Crippen molar-refractivity contribution in [1.82, 2.24) is 9.88 Å². The lowest BCUT2D eigenvalue weighted by Gasteiger charge is -2.32. The predicted molar refractivity (Wildman–Crippen MR) is 96.5 cm³/mol. The van der Waals surface area contributed by atoms with Crippen LogP contribution in [0.1, 0.15) is 41.4 Å². The van der Waals surface area contributed by atoms with E-state index < -0.39 is 0 Å². The Kier molecular flexibility index (Phi) is 5.02. The highest BCUT2D eigenvalue weighted by atomic mass is 16.5. The van der Waals surface area contributed by atoms with E-state index in [1.807, 2.05) is 38.1 Å². The van der Waals surface area contributed by atoms with Crippen molar-refractivity contribution < 1.29 is 14.3 Å². The summed E-state index contributed by atoms with van der Waals surface area (Å²) in [5.41, 5.74) is 3.40. The number of pyridine rings is 1. The molecule has 1 aliphatic heterocycles. The number of esters is 1. The Labute approximate surface area is 148 Å². The second-order valence-electron chi connectivity index (χ2n) is 6.67. The number of nitrogens with zero attached hydrogens (tertiary/aromatic N) is 2. The third kappa shape index (κ3) is 3.65. The molecule has 0 bridgehead atoms. The Morgan fingerprint density at radius 2 is 2.08 bits per heavy atom. The van der Waals surface area contributed by atoms with E-state index in [0.717, 1.165) is 35.0 Å². The summed E-state index contributed by atoms with van der Waals surface area (Å²) >= 11 is 0. The van der Waals surface area contributed by atoms with Crippen molar-refractivity contribution >= 4 is 22.8 Å². The smallest absolute Gasteiger partial charge is 0.310 e. The van der Waals surface area contributed by atoms with Gasteiger partial charge in [0.15, 0.2) is 0 Å². The number of carbonyl (C=O) groups excluding carboxylic acids is 2. The molecule has 1 aromatic heterocycles. The highest BCUT2D eigenvalue weighted by Gasteiger charge is 2.30. The van der Waals surface area contributed by atoms with Gasteiger partial charge in [-0.3, -0.25) is 14.6 Å². The molecule has 0 unspecified atom stereocenters. The quantitative estimate of drug-likeness (QED) is 0.805. The standard InChI is InChI=1S/C20H24N2O3/c1-4-25-20(24)15-6-5-9-22(12-15)19(23)17-11-14(3)21-18-8-7-13(2)10-16(17)18/h7-8,10-11,15H,4-6,9,12H2,1-3H3/t15-/m1/s1. The number of ether oxygens (including phenoxy) is 1. The van der Waals surface area contributed by atoms with E-state index in [0.29, 0.717) is 25.3 Å². The summed E-state index contributed by atoms with van der Waals surface area (Å²) in [7, 11) is 0. The molecule has 0 aliphatic carbocycles. The number of amides is 1. The molecule has 0 saturated carbocycles. The molecule has 132 valence electrons. The van der Waals surface area contributed by atoms with E-state index in [-0.39, 0.29) is 17.8 Å². The van der Waals surface area contributed by atoms with Crippen molar-refractivity contribution in [1.29, 1.82) is 0 Å². The first-order chi connectivity index (χ1) is 12.0. The van der Waals surface area contributed by atoms with E-state index in [1.54, 1.807) is 11.8 Å². The van der Waals surface area contributed by atoms with Crippen LogP contribution in [0.5, 0.6) is 0 Å². The first-order valence-electron chi connectivity index (χ1n) is 8.83. The summed E-state index contributed by atoms with van der Waals surface area (Å²) in [4.78, 5) is 31.5. The zero-order valence-electron chi connectivity index (χ0n) is 15.0. The molecule has 1 aromatic carbocycles. The molecule has 1 fully saturated rings. The maximum Gasteiger partial charge on any atom is 0.310 e. The number of benzene rings is 1. The van der Waals surface area contributed by atoms with Crippen molar-refractivity contribution in [3.05, 3.63) is 41.1 Å². The largest absolute Gasteiger partial charge is 0.466 e. The van der Waals surface area contributed by atoms with Gasteiger partial charge in [0.25, 0.3) is 5.91 Å². The van der Waals surface area contributed by atoms with Crippen molar-refractivity contribution in [3.63, 3.8) is 0 Å².